The van der Waals surface area contributed by atoms with Crippen molar-refractivity contribution in [1.29, 1.82) is 0 Å². The second-order valence-electron chi connectivity index (χ2n) is 4.66. The number of carbonyl (C=O) groups is 2. The van der Waals surface area contributed by atoms with Crippen molar-refractivity contribution in [3.05, 3.63) is 28.0 Å². The molecule has 0 aromatic carbocycles. The number of hydrogen-bond acceptors (Lipinski definition) is 4. The van der Waals surface area contributed by atoms with Crippen LogP contribution in [0.3, 0.4) is 0 Å². The summed E-state index contributed by atoms with van der Waals surface area (Å²) in [6.45, 7) is 1.36. The average molecular weight is 295 g/mol. The fourth-order valence-corrected chi connectivity index (χ4v) is 2.98. The fraction of sp³-hybridized carbons (Fsp3) is 0.429. The van der Waals surface area contributed by atoms with E-state index < -0.39 is 5.97 Å². The summed E-state index contributed by atoms with van der Waals surface area (Å²) < 4.78 is 5.31. The van der Waals surface area contributed by atoms with Gasteiger partial charge in [0.25, 0.3) is 5.91 Å². The van der Waals surface area contributed by atoms with Gasteiger partial charge in [-0.2, -0.15) is 0 Å². The minimum absolute atomic E-state index is 0.0158. The van der Waals surface area contributed by atoms with E-state index in [0.29, 0.717) is 12.1 Å². The average Bonchev–Trinajstić information content (AvgIpc) is 2.93. The third-order valence-electron chi connectivity index (χ3n) is 3.26. The molecule has 108 valence electrons. The van der Waals surface area contributed by atoms with Crippen molar-refractivity contribution in [3.8, 4) is 0 Å². The summed E-state index contributed by atoms with van der Waals surface area (Å²) in [6, 6.07) is 1.73. The molecular weight excluding hydrogens is 278 g/mol. The molecule has 2 heterocycles. The maximum absolute atomic E-state index is 12.3. The molecule has 1 amide bonds. The number of piperidine rings is 1. The van der Waals surface area contributed by atoms with Gasteiger partial charge in [0, 0.05) is 36.5 Å². The van der Waals surface area contributed by atoms with Crippen LogP contribution in [-0.2, 0) is 9.53 Å². The number of aliphatic carboxylic acids is 1. The summed E-state index contributed by atoms with van der Waals surface area (Å²) in [4.78, 5) is 25.4. The van der Waals surface area contributed by atoms with Crippen molar-refractivity contribution in [2.45, 2.75) is 18.9 Å². The van der Waals surface area contributed by atoms with Crippen molar-refractivity contribution < 1.29 is 19.4 Å². The zero-order chi connectivity index (χ0) is 14.5. The van der Waals surface area contributed by atoms with Gasteiger partial charge in [-0.25, -0.2) is 4.79 Å². The number of ether oxygens (including phenoxy) is 1. The maximum Gasteiger partial charge on any atom is 0.328 e. The molecule has 1 aromatic rings. The summed E-state index contributed by atoms with van der Waals surface area (Å²) in [7, 11) is 1.66. The highest BCUT2D eigenvalue weighted by molar-refractivity contribution is 7.11. The number of likely N-dealkylation sites (tertiary alicyclic amines) is 1. The van der Waals surface area contributed by atoms with E-state index in [-0.39, 0.29) is 12.0 Å². The van der Waals surface area contributed by atoms with E-state index in [0.717, 1.165) is 30.3 Å². The molecule has 1 unspecified atom stereocenters. The lowest BCUT2D eigenvalue weighted by Crippen LogP contribution is -2.42. The predicted octanol–water partition coefficient (Wildman–Crippen LogP) is 2.10. The van der Waals surface area contributed by atoms with Crippen LogP contribution in [0.25, 0.3) is 6.08 Å². The molecule has 1 saturated heterocycles. The van der Waals surface area contributed by atoms with Gasteiger partial charge in [-0.05, 0) is 25.0 Å². The third kappa shape index (κ3) is 3.68. The minimum Gasteiger partial charge on any atom is -0.478 e. The van der Waals surface area contributed by atoms with E-state index in [1.165, 1.54) is 17.4 Å². The van der Waals surface area contributed by atoms with Gasteiger partial charge in [-0.1, -0.05) is 0 Å². The zero-order valence-electron chi connectivity index (χ0n) is 11.2. The molecule has 1 atom stereocenters. The Balaban J connectivity index is 2.04. The lowest BCUT2D eigenvalue weighted by Gasteiger charge is -2.31. The van der Waals surface area contributed by atoms with Crippen LogP contribution >= 0.6 is 11.3 Å². The Labute approximate surface area is 121 Å². The molecule has 6 heteroatoms. The molecule has 0 bridgehead atoms. The van der Waals surface area contributed by atoms with Gasteiger partial charge in [0.15, 0.2) is 0 Å². The van der Waals surface area contributed by atoms with Crippen LogP contribution < -0.4 is 0 Å². The molecule has 0 saturated carbocycles. The van der Waals surface area contributed by atoms with Gasteiger partial charge in [0.05, 0.1) is 11.7 Å². The van der Waals surface area contributed by atoms with E-state index in [4.69, 9.17) is 9.84 Å². The molecule has 1 aromatic heterocycles. The molecule has 2 rings (SSSR count). The number of carboxylic acid groups (broad SMARTS) is 1. The van der Waals surface area contributed by atoms with Crippen LogP contribution in [0.15, 0.2) is 17.5 Å². The number of thiophene rings is 1. The van der Waals surface area contributed by atoms with Crippen molar-refractivity contribution in [1.82, 2.24) is 4.90 Å². The molecule has 5 nitrogen and oxygen atoms in total. The Kier molecular flexibility index (Phi) is 4.92. The third-order valence-corrected chi connectivity index (χ3v) is 4.15. The van der Waals surface area contributed by atoms with Gasteiger partial charge in [-0.3, -0.25) is 4.79 Å². The second kappa shape index (κ2) is 6.67. The van der Waals surface area contributed by atoms with Crippen molar-refractivity contribution in [3.63, 3.8) is 0 Å². The maximum atomic E-state index is 12.3. The van der Waals surface area contributed by atoms with E-state index in [2.05, 4.69) is 0 Å². The molecule has 1 aliphatic rings. The Morgan fingerprint density at radius 1 is 1.55 bits per heavy atom. The first-order valence-corrected chi connectivity index (χ1v) is 7.29. The zero-order valence-corrected chi connectivity index (χ0v) is 12.1. The highest BCUT2D eigenvalue weighted by Crippen LogP contribution is 2.20. The van der Waals surface area contributed by atoms with E-state index in [9.17, 15) is 9.59 Å². The van der Waals surface area contributed by atoms with E-state index in [1.54, 1.807) is 23.5 Å². The number of methoxy groups -OCH3 is 1. The topological polar surface area (TPSA) is 66.8 Å². The molecule has 1 aliphatic heterocycles. The van der Waals surface area contributed by atoms with E-state index >= 15 is 0 Å². The number of nitrogens with zero attached hydrogens (tertiary/aromatic N) is 1. The van der Waals surface area contributed by atoms with Crippen molar-refractivity contribution in [2.75, 3.05) is 20.2 Å². The van der Waals surface area contributed by atoms with Crippen LogP contribution in [0.5, 0.6) is 0 Å². The number of carboxylic acids is 1. The molecule has 1 N–H and O–H groups in total. The summed E-state index contributed by atoms with van der Waals surface area (Å²) in [6.07, 6.45) is 4.61. The highest BCUT2D eigenvalue weighted by atomic mass is 32.1. The first kappa shape index (κ1) is 14.7. The quantitative estimate of drug-likeness (QED) is 0.864. The SMILES string of the molecule is COC1CCCN(C(=O)c2csc(/C=C/C(=O)O)c2)C1. The highest BCUT2D eigenvalue weighted by Gasteiger charge is 2.24. The molecule has 1 fully saturated rings. The molecule has 0 spiro atoms. The first-order valence-electron chi connectivity index (χ1n) is 6.41. The summed E-state index contributed by atoms with van der Waals surface area (Å²) in [5.74, 6) is -1.01. The van der Waals surface area contributed by atoms with Gasteiger partial charge in [0.2, 0.25) is 0 Å². The number of amides is 1. The number of rotatable bonds is 4. The van der Waals surface area contributed by atoms with Crippen LogP contribution in [0.2, 0.25) is 0 Å². The fourth-order valence-electron chi connectivity index (χ4n) is 2.20. The van der Waals surface area contributed by atoms with Gasteiger partial charge < -0.3 is 14.7 Å². The second-order valence-corrected chi connectivity index (χ2v) is 5.60. The van der Waals surface area contributed by atoms with Crippen LogP contribution in [0.4, 0.5) is 0 Å². The summed E-state index contributed by atoms with van der Waals surface area (Å²) in [5.41, 5.74) is 0.608. The Hall–Kier alpha value is -1.66. The largest absolute Gasteiger partial charge is 0.478 e. The van der Waals surface area contributed by atoms with Crippen LogP contribution in [0, 0.1) is 0 Å². The smallest absolute Gasteiger partial charge is 0.328 e. The molecular formula is C14H17NO4S. The lowest BCUT2D eigenvalue weighted by atomic mass is 10.1. The van der Waals surface area contributed by atoms with Crippen molar-refractivity contribution in [2.24, 2.45) is 0 Å². The Bertz CT molecular complexity index is 523. The van der Waals surface area contributed by atoms with Gasteiger partial charge in [-0.15, -0.1) is 11.3 Å². The number of carbonyl (C=O) groups excluding carboxylic acids is 1. The van der Waals surface area contributed by atoms with Crippen LogP contribution in [0.1, 0.15) is 28.1 Å². The first-order chi connectivity index (χ1) is 9.60. The number of hydrogen-bond donors (Lipinski definition) is 1. The summed E-state index contributed by atoms with van der Waals surface area (Å²) >= 11 is 1.36. The Morgan fingerprint density at radius 3 is 3.05 bits per heavy atom. The molecule has 0 aliphatic carbocycles. The normalized spacial score (nSPS) is 19.4. The molecule has 20 heavy (non-hydrogen) atoms. The lowest BCUT2D eigenvalue weighted by molar-refractivity contribution is -0.131. The monoisotopic (exact) mass is 295 g/mol. The van der Waals surface area contributed by atoms with Gasteiger partial charge >= 0.3 is 5.97 Å². The summed E-state index contributed by atoms with van der Waals surface area (Å²) in [5, 5.41) is 10.3. The van der Waals surface area contributed by atoms with Crippen LogP contribution in [-0.4, -0.2) is 48.2 Å². The van der Waals surface area contributed by atoms with Gasteiger partial charge in [0.1, 0.15) is 0 Å². The molecule has 0 radical (unpaired) electrons. The minimum atomic E-state index is -0.995. The Morgan fingerprint density at radius 2 is 2.35 bits per heavy atom. The van der Waals surface area contributed by atoms with Crippen molar-refractivity contribution >= 4 is 29.3 Å². The predicted molar refractivity (Wildman–Crippen MR) is 76.9 cm³/mol. The standard InChI is InChI=1S/C14H17NO4S/c1-19-11-3-2-6-15(8-11)14(18)10-7-12(20-9-10)4-5-13(16)17/h4-5,7,9,11H,2-3,6,8H2,1H3,(H,16,17)/b5-4+. The van der Waals surface area contributed by atoms with E-state index in [1.807, 2.05) is 0 Å².